The summed E-state index contributed by atoms with van der Waals surface area (Å²) in [6.45, 7) is 0. The summed E-state index contributed by atoms with van der Waals surface area (Å²) in [6, 6.07) is 17.7. The number of benzene rings is 2. The molecule has 22 heavy (non-hydrogen) atoms. The highest BCUT2D eigenvalue weighted by atomic mass is 16.2. The van der Waals surface area contributed by atoms with Crippen molar-refractivity contribution in [1.29, 1.82) is 5.41 Å². The Morgan fingerprint density at radius 3 is 2.55 bits per heavy atom. The molecule has 1 heterocycles. The number of aromatic nitrogens is 1. The van der Waals surface area contributed by atoms with E-state index in [-0.39, 0.29) is 11.9 Å². The number of aromatic amines is 1. The molecule has 0 radical (unpaired) electrons. The maximum Gasteiger partial charge on any atom is 0.276 e. The zero-order valence-electron chi connectivity index (χ0n) is 12.1. The van der Waals surface area contributed by atoms with E-state index < -0.39 is 0 Å². The Bertz CT molecular complexity index is 851. The molecule has 2 aromatic carbocycles. The van der Waals surface area contributed by atoms with Crippen molar-refractivity contribution in [3.63, 3.8) is 0 Å². The van der Waals surface area contributed by atoms with Gasteiger partial charge in [0.2, 0.25) is 0 Å². The first-order valence-corrected chi connectivity index (χ1v) is 6.87. The number of H-pyrrole nitrogens is 1. The van der Waals surface area contributed by atoms with Gasteiger partial charge < -0.3 is 10.7 Å². The normalized spacial score (nSPS) is 10.6. The Balaban J connectivity index is 2.11. The molecule has 0 aliphatic heterocycles. The van der Waals surface area contributed by atoms with Gasteiger partial charge in [-0.2, -0.15) is 0 Å². The van der Waals surface area contributed by atoms with Crippen molar-refractivity contribution in [1.82, 2.24) is 9.88 Å². The summed E-state index contributed by atoms with van der Waals surface area (Å²) in [4.78, 5) is 16.5. The number of amides is 1. The Morgan fingerprint density at radius 2 is 1.86 bits per heavy atom. The fourth-order valence-electron chi connectivity index (χ4n) is 2.42. The first kappa shape index (κ1) is 13.9. The number of guanidine groups is 1. The molecule has 5 nitrogen and oxygen atoms in total. The van der Waals surface area contributed by atoms with Crippen LogP contribution in [0.4, 0.5) is 0 Å². The molecule has 0 aliphatic rings. The number of nitrogens with two attached hydrogens (primary N) is 1. The molecule has 4 N–H and O–H groups in total. The van der Waals surface area contributed by atoms with Gasteiger partial charge in [0.15, 0.2) is 5.96 Å². The van der Waals surface area contributed by atoms with E-state index in [0.29, 0.717) is 5.69 Å². The highest BCUT2D eigenvalue weighted by Gasteiger charge is 2.17. The van der Waals surface area contributed by atoms with E-state index in [9.17, 15) is 4.79 Å². The fraction of sp³-hybridized carbons (Fsp3) is 0.0588. The van der Waals surface area contributed by atoms with Gasteiger partial charge in [0, 0.05) is 18.0 Å². The maximum atomic E-state index is 12.3. The molecule has 3 aromatic rings. The molecule has 110 valence electrons. The van der Waals surface area contributed by atoms with Crippen LogP contribution in [0.25, 0.3) is 22.0 Å². The minimum absolute atomic E-state index is 0.285. The van der Waals surface area contributed by atoms with E-state index in [2.05, 4.69) is 4.98 Å². The molecule has 0 aliphatic carbocycles. The monoisotopic (exact) mass is 292 g/mol. The van der Waals surface area contributed by atoms with Gasteiger partial charge in [0.1, 0.15) is 5.69 Å². The number of carbonyl (C=O) groups is 1. The quantitative estimate of drug-likeness (QED) is 0.501. The molecule has 1 aromatic heterocycles. The lowest BCUT2D eigenvalue weighted by molar-refractivity contribution is 0.0864. The largest absolute Gasteiger partial charge is 0.370 e. The van der Waals surface area contributed by atoms with Crippen molar-refractivity contribution in [3.8, 4) is 11.1 Å². The van der Waals surface area contributed by atoms with Crippen LogP contribution in [0, 0.1) is 5.41 Å². The summed E-state index contributed by atoms with van der Waals surface area (Å²) >= 11 is 0. The van der Waals surface area contributed by atoms with Crippen LogP contribution in [0.2, 0.25) is 0 Å². The molecule has 0 bridgehead atoms. The SMILES string of the molecule is CN(C(=N)N)C(=O)c1cc2cccc(-c3ccccc3)c2[nH]1. The first-order valence-electron chi connectivity index (χ1n) is 6.87. The zero-order chi connectivity index (χ0) is 15.7. The van der Waals surface area contributed by atoms with E-state index in [0.717, 1.165) is 26.9 Å². The minimum Gasteiger partial charge on any atom is -0.370 e. The molecular weight excluding hydrogens is 276 g/mol. The van der Waals surface area contributed by atoms with Gasteiger partial charge in [0.05, 0.1) is 5.52 Å². The summed E-state index contributed by atoms with van der Waals surface area (Å²) in [7, 11) is 1.48. The smallest absolute Gasteiger partial charge is 0.276 e. The Hall–Kier alpha value is -3.08. The molecule has 0 spiro atoms. The van der Waals surface area contributed by atoms with Gasteiger partial charge >= 0.3 is 0 Å². The van der Waals surface area contributed by atoms with Crippen LogP contribution in [-0.2, 0) is 0 Å². The number of hydrogen-bond donors (Lipinski definition) is 3. The van der Waals surface area contributed by atoms with E-state index in [1.807, 2.05) is 48.5 Å². The molecule has 1 amide bonds. The summed E-state index contributed by atoms with van der Waals surface area (Å²) < 4.78 is 0. The molecule has 0 fully saturated rings. The first-order chi connectivity index (χ1) is 10.6. The van der Waals surface area contributed by atoms with Gasteiger partial charge in [-0.05, 0) is 11.6 Å². The topological polar surface area (TPSA) is 86.0 Å². The Kier molecular flexibility index (Phi) is 3.39. The second-order valence-electron chi connectivity index (χ2n) is 5.07. The molecule has 0 atom stereocenters. The number of nitrogens with one attached hydrogen (secondary N) is 2. The Morgan fingerprint density at radius 1 is 1.14 bits per heavy atom. The summed E-state index contributed by atoms with van der Waals surface area (Å²) in [6.07, 6.45) is 0. The predicted octanol–water partition coefficient (Wildman–Crippen LogP) is 2.80. The van der Waals surface area contributed by atoms with E-state index >= 15 is 0 Å². The third kappa shape index (κ3) is 2.33. The van der Waals surface area contributed by atoms with Gasteiger partial charge in [-0.1, -0.05) is 48.5 Å². The summed E-state index contributed by atoms with van der Waals surface area (Å²) in [5, 5.41) is 8.31. The number of fused-ring (bicyclic) bond motifs is 1. The van der Waals surface area contributed by atoms with Gasteiger partial charge in [-0.15, -0.1) is 0 Å². The van der Waals surface area contributed by atoms with Crippen LogP contribution in [0.1, 0.15) is 10.5 Å². The average molecular weight is 292 g/mol. The lowest BCUT2D eigenvalue weighted by atomic mass is 10.0. The molecule has 5 heteroatoms. The minimum atomic E-state index is -0.331. The van der Waals surface area contributed by atoms with E-state index in [1.54, 1.807) is 6.07 Å². The summed E-state index contributed by atoms with van der Waals surface area (Å²) in [5.74, 6) is -0.616. The number of para-hydroxylation sites is 1. The number of carbonyl (C=O) groups excluding carboxylic acids is 1. The number of hydrogen-bond acceptors (Lipinski definition) is 2. The van der Waals surface area contributed by atoms with Gasteiger partial charge in [-0.3, -0.25) is 15.1 Å². The van der Waals surface area contributed by atoms with Crippen molar-refractivity contribution in [2.45, 2.75) is 0 Å². The van der Waals surface area contributed by atoms with Crippen molar-refractivity contribution in [3.05, 3.63) is 60.3 Å². The Labute approximate surface area is 127 Å². The van der Waals surface area contributed by atoms with Crippen molar-refractivity contribution < 1.29 is 4.79 Å². The van der Waals surface area contributed by atoms with Crippen molar-refractivity contribution in [2.75, 3.05) is 7.05 Å². The number of rotatable bonds is 2. The van der Waals surface area contributed by atoms with E-state index in [1.165, 1.54) is 7.05 Å². The lowest BCUT2D eigenvalue weighted by Gasteiger charge is -2.12. The summed E-state index contributed by atoms with van der Waals surface area (Å²) in [5.41, 5.74) is 8.78. The third-order valence-electron chi connectivity index (χ3n) is 3.64. The maximum absolute atomic E-state index is 12.3. The second-order valence-corrected chi connectivity index (χ2v) is 5.07. The molecule has 0 unspecified atom stereocenters. The second kappa shape index (κ2) is 5.37. The van der Waals surface area contributed by atoms with Crippen LogP contribution in [0.15, 0.2) is 54.6 Å². The third-order valence-corrected chi connectivity index (χ3v) is 3.64. The molecule has 3 rings (SSSR count). The van der Waals surface area contributed by atoms with E-state index in [4.69, 9.17) is 11.1 Å². The van der Waals surface area contributed by atoms with Crippen molar-refractivity contribution in [2.24, 2.45) is 5.73 Å². The van der Waals surface area contributed by atoms with Gasteiger partial charge in [-0.25, -0.2) is 0 Å². The van der Waals surface area contributed by atoms with Crippen LogP contribution in [0.3, 0.4) is 0 Å². The van der Waals surface area contributed by atoms with Crippen LogP contribution in [0.5, 0.6) is 0 Å². The molecule has 0 saturated heterocycles. The fourth-order valence-corrected chi connectivity index (χ4v) is 2.42. The van der Waals surface area contributed by atoms with Crippen molar-refractivity contribution >= 4 is 22.8 Å². The lowest BCUT2D eigenvalue weighted by Crippen LogP contribution is -2.38. The average Bonchev–Trinajstić information content (AvgIpc) is 2.98. The van der Waals surface area contributed by atoms with Crippen LogP contribution < -0.4 is 5.73 Å². The highest BCUT2D eigenvalue weighted by molar-refractivity contribution is 6.07. The highest BCUT2D eigenvalue weighted by Crippen LogP contribution is 2.28. The standard InChI is InChI=1S/C17H16N4O/c1-21(17(18)19)16(22)14-10-12-8-5-9-13(15(12)20-14)11-6-3-2-4-7-11/h2-10,20H,1H3,(H3,18,19). The number of nitrogens with zero attached hydrogens (tertiary/aromatic N) is 1. The molecular formula is C17H16N4O. The zero-order valence-corrected chi connectivity index (χ0v) is 12.1. The predicted molar refractivity (Wildman–Crippen MR) is 87.7 cm³/mol. The van der Waals surface area contributed by atoms with Crippen LogP contribution in [-0.4, -0.2) is 28.8 Å². The van der Waals surface area contributed by atoms with Gasteiger partial charge in [0.25, 0.3) is 5.91 Å². The van der Waals surface area contributed by atoms with Crippen LogP contribution >= 0.6 is 0 Å². The molecule has 0 saturated carbocycles.